The molecule has 0 atom stereocenters. The highest BCUT2D eigenvalue weighted by Gasteiger charge is 2.11. The molecule has 0 spiro atoms. The molecule has 1 rings (SSSR count). The zero-order chi connectivity index (χ0) is 12.7. The van der Waals surface area contributed by atoms with Crippen LogP contribution >= 0.6 is 0 Å². The fourth-order valence-electron chi connectivity index (χ4n) is 1.46. The summed E-state index contributed by atoms with van der Waals surface area (Å²) in [7, 11) is 1.61. The number of benzene rings is 1. The second-order valence-corrected chi connectivity index (χ2v) is 3.47. The van der Waals surface area contributed by atoms with Gasteiger partial charge in [-0.25, -0.2) is 0 Å². The number of methoxy groups -OCH3 is 1. The molecule has 0 aliphatic carbocycles. The second kappa shape index (κ2) is 6.53. The smallest absolute Gasteiger partial charge is 0.250 e. The zero-order valence-corrected chi connectivity index (χ0v) is 10.1. The first-order chi connectivity index (χ1) is 8.22. The van der Waals surface area contributed by atoms with Crippen molar-refractivity contribution in [3.63, 3.8) is 0 Å². The van der Waals surface area contributed by atoms with Crippen LogP contribution in [0.3, 0.4) is 0 Å². The van der Waals surface area contributed by atoms with Crippen molar-refractivity contribution in [3.8, 4) is 5.75 Å². The van der Waals surface area contributed by atoms with Crippen LogP contribution in [-0.4, -0.2) is 19.6 Å². The quantitative estimate of drug-likeness (QED) is 0.556. The van der Waals surface area contributed by atoms with Crippen molar-refractivity contribution in [2.75, 3.05) is 18.6 Å². The van der Waals surface area contributed by atoms with Crippen LogP contribution in [0.15, 0.2) is 49.6 Å². The Morgan fingerprint density at radius 1 is 1.35 bits per heavy atom. The summed E-state index contributed by atoms with van der Waals surface area (Å²) in [5.74, 6) is 0.653. The van der Waals surface area contributed by atoms with E-state index in [9.17, 15) is 4.79 Å². The van der Waals surface area contributed by atoms with Crippen molar-refractivity contribution >= 4 is 11.6 Å². The van der Waals surface area contributed by atoms with Crippen LogP contribution in [-0.2, 0) is 4.79 Å². The number of carbonyl (C=O) groups excluding carboxylic acids is 1. The highest BCUT2D eigenvalue weighted by atomic mass is 16.5. The molecule has 1 aromatic carbocycles. The van der Waals surface area contributed by atoms with E-state index in [1.165, 1.54) is 6.08 Å². The Balaban J connectivity index is 2.90. The highest BCUT2D eigenvalue weighted by molar-refractivity contribution is 6.01. The maximum absolute atomic E-state index is 11.7. The van der Waals surface area contributed by atoms with Gasteiger partial charge in [0.15, 0.2) is 0 Å². The van der Waals surface area contributed by atoms with E-state index in [4.69, 9.17) is 4.74 Å². The Kier molecular flexibility index (Phi) is 5.01. The molecule has 0 radical (unpaired) electrons. The third-order valence-corrected chi connectivity index (χ3v) is 2.38. The van der Waals surface area contributed by atoms with Gasteiger partial charge in [0.25, 0.3) is 0 Å². The summed E-state index contributed by atoms with van der Waals surface area (Å²) >= 11 is 0. The molecule has 1 amide bonds. The minimum atomic E-state index is -0.114. The average molecular weight is 231 g/mol. The van der Waals surface area contributed by atoms with Crippen LogP contribution in [0.2, 0.25) is 0 Å². The van der Waals surface area contributed by atoms with Crippen LogP contribution in [0.5, 0.6) is 5.75 Å². The fraction of sp³-hybridized carbons (Fsp3) is 0.214. The molecule has 3 heteroatoms. The van der Waals surface area contributed by atoms with Gasteiger partial charge in [-0.15, -0.1) is 6.58 Å². The van der Waals surface area contributed by atoms with Crippen LogP contribution in [0.4, 0.5) is 5.69 Å². The average Bonchev–Trinajstić information content (AvgIpc) is 2.39. The maximum Gasteiger partial charge on any atom is 0.250 e. The molecule has 0 aromatic heterocycles. The van der Waals surface area contributed by atoms with Gasteiger partial charge in [-0.05, 0) is 36.8 Å². The third-order valence-electron chi connectivity index (χ3n) is 2.38. The highest BCUT2D eigenvalue weighted by Crippen LogP contribution is 2.19. The van der Waals surface area contributed by atoms with E-state index in [0.29, 0.717) is 6.54 Å². The van der Waals surface area contributed by atoms with Gasteiger partial charge in [-0.1, -0.05) is 12.7 Å². The van der Waals surface area contributed by atoms with Gasteiger partial charge in [-0.3, -0.25) is 4.79 Å². The van der Waals surface area contributed by atoms with Crippen molar-refractivity contribution < 1.29 is 9.53 Å². The first kappa shape index (κ1) is 13.0. The maximum atomic E-state index is 11.7. The molecule has 0 N–H and O–H groups in total. The zero-order valence-electron chi connectivity index (χ0n) is 10.1. The lowest BCUT2D eigenvalue weighted by atomic mass is 10.2. The van der Waals surface area contributed by atoms with Gasteiger partial charge in [0, 0.05) is 12.2 Å². The molecule has 90 valence electrons. The normalized spacial score (nSPS) is 9.47. The Bertz CT molecular complexity index is 395. The van der Waals surface area contributed by atoms with Gasteiger partial charge in [0.2, 0.25) is 5.91 Å². The molecule has 0 saturated carbocycles. The number of anilines is 1. The topological polar surface area (TPSA) is 29.5 Å². The Morgan fingerprint density at radius 2 is 2.00 bits per heavy atom. The molecule has 1 aromatic rings. The van der Waals surface area contributed by atoms with Gasteiger partial charge < -0.3 is 9.64 Å². The third kappa shape index (κ3) is 3.48. The van der Waals surface area contributed by atoms with E-state index in [-0.39, 0.29) is 5.91 Å². The van der Waals surface area contributed by atoms with E-state index >= 15 is 0 Å². The summed E-state index contributed by atoms with van der Waals surface area (Å²) in [4.78, 5) is 13.4. The van der Waals surface area contributed by atoms with Crippen LogP contribution < -0.4 is 9.64 Å². The summed E-state index contributed by atoms with van der Waals surface area (Å²) in [6.07, 6.45) is 3.84. The van der Waals surface area contributed by atoms with Gasteiger partial charge in [-0.2, -0.15) is 0 Å². The Labute approximate surface area is 102 Å². The molecule has 0 aliphatic rings. The predicted octanol–water partition coefficient (Wildman–Crippen LogP) is 2.79. The second-order valence-electron chi connectivity index (χ2n) is 3.47. The van der Waals surface area contributed by atoms with E-state index in [1.54, 1.807) is 18.1 Å². The van der Waals surface area contributed by atoms with Crippen LogP contribution in [0, 0.1) is 0 Å². The van der Waals surface area contributed by atoms with Crippen molar-refractivity contribution in [1.29, 1.82) is 0 Å². The summed E-state index contributed by atoms with van der Waals surface area (Å²) in [5, 5.41) is 0. The molecular weight excluding hydrogens is 214 g/mol. The minimum Gasteiger partial charge on any atom is -0.497 e. The fourth-order valence-corrected chi connectivity index (χ4v) is 1.46. The summed E-state index contributed by atoms with van der Waals surface area (Å²) < 4.78 is 5.08. The van der Waals surface area contributed by atoms with Gasteiger partial charge in [0.1, 0.15) is 5.75 Å². The molecule has 0 bridgehead atoms. The molecule has 0 aliphatic heterocycles. The van der Waals surface area contributed by atoms with E-state index < -0.39 is 0 Å². The van der Waals surface area contributed by atoms with E-state index in [0.717, 1.165) is 17.9 Å². The number of hydrogen-bond donors (Lipinski definition) is 0. The van der Waals surface area contributed by atoms with Crippen molar-refractivity contribution in [1.82, 2.24) is 0 Å². The molecule has 3 nitrogen and oxygen atoms in total. The lowest BCUT2D eigenvalue weighted by molar-refractivity contribution is -0.114. The lowest BCUT2D eigenvalue weighted by Crippen LogP contribution is -2.29. The number of ether oxygens (including phenoxy) is 1. The van der Waals surface area contributed by atoms with Gasteiger partial charge in [0.05, 0.1) is 7.11 Å². The van der Waals surface area contributed by atoms with Crippen molar-refractivity contribution in [2.24, 2.45) is 0 Å². The SMILES string of the molecule is C=CCCN(C(=O)C=C)c1ccc(OC)cc1. The van der Waals surface area contributed by atoms with Crippen molar-refractivity contribution in [3.05, 3.63) is 49.6 Å². The number of hydrogen-bond acceptors (Lipinski definition) is 2. The predicted molar refractivity (Wildman–Crippen MR) is 70.4 cm³/mol. The monoisotopic (exact) mass is 231 g/mol. The Hall–Kier alpha value is -2.03. The largest absolute Gasteiger partial charge is 0.497 e. The number of rotatable bonds is 6. The number of carbonyl (C=O) groups is 1. The lowest BCUT2D eigenvalue weighted by Gasteiger charge is -2.20. The molecule has 17 heavy (non-hydrogen) atoms. The number of nitrogens with zero attached hydrogens (tertiary/aromatic N) is 1. The first-order valence-electron chi connectivity index (χ1n) is 5.41. The summed E-state index contributed by atoms with van der Waals surface area (Å²) in [5.41, 5.74) is 0.831. The molecular formula is C14H17NO2. The summed E-state index contributed by atoms with van der Waals surface area (Å²) in [6, 6.07) is 7.35. The standard InChI is InChI=1S/C14H17NO2/c1-4-6-11-15(14(16)5-2)12-7-9-13(17-3)10-8-12/h4-5,7-10H,1-2,6,11H2,3H3. The van der Waals surface area contributed by atoms with E-state index in [2.05, 4.69) is 13.2 Å². The van der Waals surface area contributed by atoms with Crippen LogP contribution in [0.25, 0.3) is 0 Å². The molecule has 0 heterocycles. The molecule has 0 saturated heterocycles. The first-order valence-corrected chi connectivity index (χ1v) is 5.41. The number of amides is 1. The van der Waals surface area contributed by atoms with Crippen molar-refractivity contribution in [2.45, 2.75) is 6.42 Å². The Morgan fingerprint density at radius 3 is 2.47 bits per heavy atom. The van der Waals surface area contributed by atoms with Crippen LogP contribution in [0.1, 0.15) is 6.42 Å². The molecule has 0 unspecified atom stereocenters. The molecule has 0 fully saturated rings. The summed E-state index contributed by atoms with van der Waals surface area (Å²) in [6.45, 7) is 7.76. The van der Waals surface area contributed by atoms with Gasteiger partial charge >= 0.3 is 0 Å². The van der Waals surface area contributed by atoms with E-state index in [1.807, 2.05) is 24.3 Å². The minimum absolute atomic E-state index is 0.114.